The first-order valence-corrected chi connectivity index (χ1v) is 8.10. The summed E-state index contributed by atoms with van der Waals surface area (Å²) in [5.41, 5.74) is 7.45. The number of nitrogens with two attached hydrogens (primary N) is 1. The van der Waals surface area contributed by atoms with E-state index in [4.69, 9.17) is 28.9 Å². The van der Waals surface area contributed by atoms with E-state index < -0.39 is 11.7 Å². The number of aromatic nitrogens is 1. The third-order valence-electron chi connectivity index (χ3n) is 3.82. The van der Waals surface area contributed by atoms with Crippen molar-refractivity contribution in [1.29, 1.82) is 0 Å². The molecule has 0 aliphatic rings. The molecule has 0 aliphatic carbocycles. The molecule has 4 nitrogen and oxygen atoms in total. The van der Waals surface area contributed by atoms with Gasteiger partial charge in [-0.1, -0.05) is 23.2 Å². The molecule has 0 fully saturated rings. The Morgan fingerprint density at radius 2 is 1.80 bits per heavy atom. The zero-order valence-corrected chi connectivity index (χ0v) is 15.0. The van der Waals surface area contributed by atoms with Gasteiger partial charge in [-0.2, -0.15) is 0 Å². The highest BCUT2D eigenvalue weighted by atomic mass is 35.5. The maximum absolute atomic E-state index is 14.6. The highest BCUT2D eigenvalue weighted by molar-refractivity contribution is 6.35. The van der Waals surface area contributed by atoms with E-state index in [9.17, 15) is 9.18 Å². The zero-order valence-electron chi connectivity index (χ0n) is 13.5. The van der Waals surface area contributed by atoms with E-state index in [1.807, 2.05) is 0 Å². The van der Waals surface area contributed by atoms with E-state index in [0.717, 1.165) is 0 Å². The Hall–Kier alpha value is -2.37. The second kappa shape index (κ2) is 6.50. The number of anilines is 1. The molecule has 1 amide bonds. The van der Waals surface area contributed by atoms with Gasteiger partial charge in [-0.05, 0) is 35.9 Å². The van der Waals surface area contributed by atoms with Gasteiger partial charge in [0, 0.05) is 41.3 Å². The van der Waals surface area contributed by atoms with Crippen LogP contribution in [-0.4, -0.2) is 25.0 Å². The maximum atomic E-state index is 14.6. The predicted octanol–water partition coefficient (Wildman–Crippen LogP) is 4.51. The number of rotatable bonds is 3. The molecular formula is C18H14Cl2FN3O. The lowest BCUT2D eigenvalue weighted by Gasteiger charge is -2.19. The SMILES string of the molecule is CN(C)c1c(C(N)=O)cnc2c(-c3cc(Cl)cc(Cl)c3)c(F)ccc12. The lowest BCUT2D eigenvalue weighted by atomic mass is 9.99. The number of carbonyl (C=O) groups excluding carboxylic acids is 1. The van der Waals surface area contributed by atoms with E-state index in [0.29, 0.717) is 32.2 Å². The van der Waals surface area contributed by atoms with Crippen molar-refractivity contribution in [3.8, 4) is 11.1 Å². The normalized spacial score (nSPS) is 10.9. The van der Waals surface area contributed by atoms with Gasteiger partial charge in [0.2, 0.25) is 0 Å². The Morgan fingerprint density at radius 1 is 1.16 bits per heavy atom. The fourth-order valence-corrected chi connectivity index (χ4v) is 3.39. The molecule has 2 N–H and O–H groups in total. The molecule has 7 heteroatoms. The lowest BCUT2D eigenvalue weighted by Crippen LogP contribution is -2.19. The van der Waals surface area contributed by atoms with Gasteiger partial charge in [0.15, 0.2) is 0 Å². The van der Waals surface area contributed by atoms with Gasteiger partial charge >= 0.3 is 0 Å². The van der Waals surface area contributed by atoms with Crippen LogP contribution in [0.2, 0.25) is 10.0 Å². The number of benzene rings is 2. The predicted molar refractivity (Wildman–Crippen MR) is 100 cm³/mol. The molecule has 0 spiro atoms. The van der Waals surface area contributed by atoms with Crippen LogP contribution in [0.3, 0.4) is 0 Å². The number of pyridine rings is 1. The number of amides is 1. The molecule has 3 rings (SSSR count). The van der Waals surface area contributed by atoms with E-state index in [-0.39, 0.29) is 11.1 Å². The monoisotopic (exact) mass is 377 g/mol. The van der Waals surface area contributed by atoms with Crippen molar-refractivity contribution in [2.45, 2.75) is 0 Å². The number of primary amides is 1. The van der Waals surface area contributed by atoms with Gasteiger partial charge in [0.1, 0.15) is 5.82 Å². The standard InChI is InChI=1S/C18H14Cl2FN3O/c1-24(2)17-12-3-4-14(21)15(9-5-10(19)7-11(20)6-9)16(12)23-8-13(17)18(22)25/h3-8H,1-2H3,(H2,22,25). The van der Waals surface area contributed by atoms with Crippen LogP contribution in [0.15, 0.2) is 36.5 Å². The fraction of sp³-hybridized carbons (Fsp3) is 0.111. The minimum absolute atomic E-state index is 0.263. The molecule has 0 bridgehead atoms. The third-order valence-corrected chi connectivity index (χ3v) is 4.26. The summed E-state index contributed by atoms with van der Waals surface area (Å²) in [4.78, 5) is 17.8. The summed E-state index contributed by atoms with van der Waals surface area (Å²) < 4.78 is 14.6. The quantitative estimate of drug-likeness (QED) is 0.730. The van der Waals surface area contributed by atoms with Crippen molar-refractivity contribution in [2.24, 2.45) is 5.73 Å². The summed E-state index contributed by atoms with van der Waals surface area (Å²) >= 11 is 12.1. The molecule has 1 aromatic heterocycles. The highest BCUT2D eigenvalue weighted by Gasteiger charge is 2.19. The molecule has 25 heavy (non-hydrogen) atoms. The summed E-state index contributed by atoms with van der Waals surface area (Å²) in [5, 5.41) is 1.38. The summed E-state index contributed by atoms with van der Waals surface area (Å²) in [5.74, 6) is -1.07. The smallest absolute Gasteiger partial charge is 0.252 e. The number of carbonyl (C=O) groups is 1. The summed E-state index contributed by atoms with van der Waals surface area (Å²) in [6.45, 7) is 0. The van der Waals surface area contributed by atoms with Gasteiger partial charge in [-0.25, -0.2) is 4.39 Å². The average Bonchev–Trinajstić information content (AvgIpc) is 2.52. The van der Waals surface area contributed by atoms with E-state index in [2.05, 4.69) is 4.98 Å². The number of fused-ring (bicyclic) bond motifs is 1. The van der Waals surface area contributed by atoms with Gasteiger partial charge in [0.05, 0.1) is 16.8 Å². The van der Waals surface area contributed by atoms with Crippen LogP contribution in [0.5, 0.6) is 0 Å². The van der Waals surface area contributed by atoms with Crippen LogP contribution in [0.1, 0.15) is 10.4 Å². The topological polar surface area (TPSA) is 59.2 Å². The Kier molecular flexibility index (Phi) is 4.54. The lowest BCUT2D eigenvalue weighted by molar-refractivity contribution is 0.100. The van der Waals surface area contributed by atoms with Crippen molar-refractivity contribution in [3.05, 3.63) is 58.0 Å². The molecule has 0 aliphatic heterocycles. The van der Waals surface area contributed by atoms with Crippen molar-refractivity contribution in [3.63, 3.8) is 0 Å². The first-order valence-electron chi connectivity index (χ1n) is 7.34. The van der Waals surface area contributed by atoms with Crippen molar-refractivity contribution >= 4 is 45.7 Å². The first-order chi connectivity index (χ1) is 11.8. The van der Waals surface area contributed by atoms with Crippen LogP contribution in [0, 0.1) is 5.82 Å². The molecule has 2 aromatic carbocycles. The molecule has 0 unspecified atom stereocenters. The van der Waals surface area contributed by atoms with Crippen molar-refractivity contribution in [2.75, 3.05) is 19.0 Å². The maximum Gasteiger partial charge on any atom is 0.252 e. The summed E-state index contributed by atoms with van der Waals surface area (Å²) in [6.07, 6.45) is 1.36. The minimum atomic E-state index is -0.602. The van der Waals surface area contributed by atoms with Gasteiger partial charge in [-0.15, -0.1) is 0 Å². The largest absolute Gasteiger partial charge is 0.376 e. The second-order valence-electron chi connectivity index (χ2n) is 5.76. The third kappa shape index (κ3) is 3.13. The molecule has 128 valence electrons. The van der Waals surface area contributed by atoms with Crippen LogP contribution < -0.4 is 10.6 Å². The molecule has 0 saturated carbocycles. The van der Waals surface area contributed by atoms with E-state index >= 15 is 0 Å². The van der Waals surface area contributed by atoms with Gasteiger partial charge in [-0.3, -0.25) is 9.78 Å². The Morgan fingerprint density at radius 3 is 2.36 bits per heavy atom. The van der Waals surface area contributed by atoms with Crippen molar-refractivity contribution < 1.29 is 9.18 Å². The first kappa shape index (κ1) is 17.5. The van der Waals surface area contributed by atoms with Crippen molar-refractivity contribution in [1.82, 2.24) is 4.98 Å². The molecule has 1 heterocycles. The number of hydrogen-bond donors (Lipinski definition) is 1. The van der Waals surface area contributed by atoms with Crippen LogP contribution in [0.4, 0.5) is 10.1 Å². The fourth-order valence-electron chi connectivity index (χ4n) is 2.86. The van der Waals surface area contributed by atoms with E-state index in [1.165, 1.54) is 12.3 Å². The van der Waals surface area contributed by atoms with Gasteiger partial charge in [0.25, 0.3) is 5.91 Å². The molecule has 0 radical (unpaired) electrons. The molecular weight excluding hydrogens is 364 g/mol. The number of halogens is 3. The van der Waals surface area contributed by atoms with Crippen LogP contribution >= 0.6 is 23.2 Å². The summed E-state index contributed by atoms with van der Waals surface area (Å²) in [6, 6.07) is 7.70. The average molecular weight is 378 g/mol. The highest BCUT2D eigenvalue weighted by Crippen LogP contribution is 2.37. The summed E-state index contributed by atoms with van der Waals surface area (Å²) in [7, 11) is 3.56. The van der Waals surface area contributed by atoms with Crippen LogP contribution in [0.25, 0.3) is 22.0 Å². The van der Waals surface area contributed by atoms with Crippen LogP contribution in [-0.2, 0) is 0 Å². The zero-order chi connectivity index (χ0) is 18.3. The Balaban J connectivity index is 2.43. The minimum Gasteiger partial charge on any atom is -0.376 e. The van der Waals surface area contributed by atoms with E-state index in [1.54, 1.807) is 43.3 Å². The molecule has 0 saturated heterocycles. The Labute approximate surface area is 154 Å². The molecule has 3 aromatic rings. The number of hydrogen-bond acceptors (Lipinski definition) is 3. The molecule has 0 atom stereocenters. The number of nitrogens with zero attached hydrogens (tertiary/aromatic N) is 2. The van der Waals surface area contributed by atoms with Gasteiger partial charge < -0.3 is 10.6 Å². The Bertz CT molecular complexity index is 985. The second-order valence-corrected chi connectivity index (χ2v) is 6.63.